The summed E-state index contributed by atoms with van der Waals surface area (Å²) in [5.41, 5.74) is 10.7. The average molecular weight is 338 g/mol. The summed E-state index contributed by atoms with van der Waals surface area (Å²) in [6, 6.07) is 15.5. The molecule has 1 fully saturated rings. The van der Waals surface area contributed by atoms with Crippen molar-refractivity contribution in [2.24, 2.45) is 5.73 Å². The number of methoxy groups -OCH3 is 2. The molecule has 1 saturated heterocycles. The fraction of sp³-hybridized carbons (Fsp3) is 0.429. The quantitative estimate of drug-likeness (QED) is 0.934. The Kier molecular flexibility index (Phi) is 4.40. The number of benzene rings is 2. The first-order chi connectivity index (χ1) is 12.2. The molecule has 2 aromatic rings. The molecule has 3 atom stereocenters. The van der Waals surface area contributed by atoms with Gasteiger partial charge in [-0.2, -0.15) is 0 Å². The molecular formula is C21H26N2O2. The van der Waals surface area contributed by atoms with Gasteiger partial charge in [-0.25, -0.2) is 0 Å². The summed E-state index contributed by atoms with van der Waals surface area (Å²) in [6.07, 6.45) is 2.02. The van der Waals surface area contributed by atoms with Crippen LogP contribution in [0.5, 0.6) is 11.5 Å². The Bertz CT molecular complexity index is 747. The van der Waals surface area contributed by atoms with Crippen LogP contribution in [0.1, 0.15) is 35.1 Å². The van der Waals surface area contributed by atoms with Crippen molar-refractivity contribution in [2.75, 3.05) is 27.3 Å². The van der Waals surface area contributed by atoms with Gasteiger partial charge in [0.05, 0.1) is 14.2 Å². The van der Waals surface area contributed by atoms with Gasteiger partial charge in [0.25, 0.3) is 0 Å². The van der Waals surface area contributed by atoms with Crippen LogP contribution < -0.4 is 15.2 Å². The van der Waals surface area contributed by atoms with Crippen LogP contribution in [0.4, 0.5) is 0 Å². The second-order valence-electron chi connectivity index (χ2n) is 7.08. The van der Waals surface area contributed by atoms with Crippen LogP contribution in [-0.2, 0) is 6.42 Å². The predicted octanol–water partition coefficient (Wildman–Crippen LogP) is 3.12. The van der Waals surface area contributed by atoms with Gasteiger partial charge in [-0.1, -0.05) is 30.3 Å². The normalized spacial score (nSPS) is 25.8. The Balaban J connectivity index is 1.65. The molecule has 0 saturated carbocycles. The van der Waals surface area contributed by atoms with Gasteiger partial charge < -0.3 is 15.2 Å². The van der Waals surface area contributed by atoms with E-state index < -0.39 is 0 Å². The number of hydrogen-bond acceptors (Lipinski definition) is 4. The maximum Gasteiger partial charge on any atom is 0.161 e. The van der Waals surface area contributed by atoms with Gasteiger partial charge in [-0.15, -0.1) is 0 Å². The number of fused-ring (bicyclic) bond motifs is 3. The van der Waals surface area contributed by atoms with Gasteiger partial charge in [-0.3, -0.25) is 4.90 Å². The van der Waals surface area contributed by atoms with Crippen molar-refractivity contribution in [1.29, 1.82) is 0 Å². The highest BCUT2D eigenvalue weighted by Gasteiger charge is 2.38. The molecule has 0 unspecified atom stereocenters. The van der Waals surface area contributed by atoms with E-state index in [4.69, 9.17) is 15.2 Å². The second kappa shape index (κ2) is 6.70. The van der Waals surface area contributed by atoms with Crippen molar-refractivity contribution in [2.45, 2.75) is 30.8 Å². The van der Waals surface area contributed by atoms with E-state index >= 15 is 0 Å². The van der Waals surface area contributed by atoms with E-state index in [0.29, 0.717) is 12.0 Å². The predicted molar refractivity (Wildman–Crippen MR) is 99.3 cm³/mol. The lowest BCUT2D eigenvalue weighted by atomic mass is 9.78. The Morgan fingerprint density at radius 3 is 2.48 bits per heavy atom. The summed E-state index contributed by atoms with van der Waals surface area (Å²) < 4.78 is 11.0. The van der Waals surface area contributed by atoms with Gasteiger partial charge in [0.2, 0.25) is 0 Å². The maximum atomic E-state index is 6.62. The molecule has 4 rings (SSSR count). The third-order valence-corrected chi connectivity index (χ3v) is 5.78. The Morgan fingerprint density at radius 2 is 1.76 bits per heavy atom. The smallest absolute Gasteiger partial charge is 0.161 e. The molecule has 2 aromatic carbocycles. The van der Waals surface area contributed by atoms with Crippen molar-refractivity contribution in [3.8, 4) is 11.5 Å². The second-order valence-corrected chi connectivity index (χ2v) is 7.08. The fourth-order valence-electron chi connectivity index (χ4n) is 4.44. The molecule has 2 N–H and O–H groups in total. The standard InChI is InChI=1S/C21H26N2O2/c1-24-20-10-15-8-9-23-13-17(14-6-4-3-5-7-14)18(22)12-19(23)16(15)11-21(20)25-2/h3-7,10-11,17-19H,8-9,12-13,22H2,1-2H3/t17-,18+,19+/m0/s1. The average Bonchev–Trinajstić information content (AvgIpc) is 2.67. The van der Waals surface area contributed by atoms with E-state index in [0.717, 1.165) is 37.4 Å². The molecular weight excluding hydrogens is 312 g/mol. The zero-order chi connectivity index (χ0) is 17.4. The Morgan fingerprint density at radius 1 is 1.04 bits per heavy atom. The summed E-state index contributed by atoms with van der Waals surface area (Å²) in [4.78, 5) is 2.59. The van der Waals surface area contributed by atoms with Gasteiger partial charge in [0.15, 0.2) is 11.5 Å². The van der Waals surface area contributed by atoms with Crippen LogP contribution in [0.2, 0.25) is 0 Å². The lowest BCUT2D eigenvalue weighted by molar-refractivity contribution is 0.109. The SMILES string of the molecule is COc1cc2c(cc1OC)[C@H]1C[C@@H](N)[C@H](c3ccccc3)CN1CC2. The van der Waals surface area contributed by atoms with Crippen molar-refractivity contribution in [1.82, 2.24) is 4.90 Å². The van der Waals surface area contributed by atoms with Crippen LogP contribution in [0.3, 0.4) is 0 Å². The molecule has 0 spiro atoms. The third-order valence-electron chi connectivity index (χ3n) is 5.78. The minimum atomic E-state index is 0.169. The summed E-state index contributed by atoms with van der Waals surface area (Å²) in [5.74, 6) is 2.03. The van der Waals surface area contributed by atoms with Crippen LogP contribution in [0, 0.1) is 0 Å². The van der Waals surface area contributed by atoms with Gasteiger partial charge in [0, 0.05) is 31.1 Å². The maximum absolute atomic E-state index is 6.62. The Labute approximate surface area is 149 Å². The van der Waals surface area contributed by atoms with E-state index in [1.807, 2.05) is 0 Å². The van der Waals surface area contributed by atoms with Crippen molar-refractivity contribution < 1.29 is 9.47 Å². The zero-order valence-electron chi connectivity index (χ0n) is 14.9. The largest absolute Gasteiger partial charge is 0.493 e. The summed E-state index contributed by atoms with van der Waals surface area (Å²) in [5, 5.41) is 0. The molecule has 2 aliphatic rings. The third kappa shape index (κ3) is 2.90. The van der Waals surface area contributed by atoms with E-state index in [9.17, 15) is 0 Å². The molecule has 0 radical (unpaired) electrons. The van der Waals surface area contributed by atoms with E-state index in [2.05, 4.69) is 47.4 Å². The van der Waals surface area contributed by atoms with Gasteiger partial charge >= 0.3 is 0 Å². The number of piperidine rings is 1. The summed E-state index contributed by atoms with van der Waals surface area (Å²) in [7, 11) is 3.39. The molecule has 4 heteroatoms. The van der Waals surface area contributed by atoms with Crippen molar-refractivity contribution in [3.05, 3.63) is 59.2 Å². The minimum absolute atomic E-state index is 0.169. The van der Waals surface area contributed by atoms with E-state index in [-0.39, 0.29) is 6.04 Å². The van der Waals surface area contributed by atoms with E-state index in [1.54, 1.807) is 14.2 Å². The first-order valence-electron chi connectivity index (χ1n) is 9.00. The van der Waals surface area contributed by atoms with Crippen LogP contribution in [-0.4, -0.2) is 38.3 Å². The monoisotopic (exact) mass is 338 g/mol. The highest BCUT2D eigenvalue weighted by Crippen LogP contribution is 2.44. The molecule has 25 heavy (non-hydrogen) atoms. The number of nitrogens with zero attached hydrogens (tertiary/aromatic N) is 1. The molecule has 4 nitrogen and oxygen atoms in total. The molecule has 132 valence electrons. The molecule has 2 aliphatic heterocycles. The topological polar surface area (TPSA) is 47.7 Å². The fourth-order valence-corrected chi connectivity index (χ4v) is 4.44. The summed E-state index contributed by atoms with van der Waals surface area (Å²) in [6.45, 7) is 2.09. The van der Waals surface area contributed by atoms with Crippen molar-refractivity contribution in [3.63, 3.8) is 0 Å². The van der Waals surface area contributed by atoms with Crippen molar-refractivity contribution >= 4 is 0 Å². The lowest BCUT2D eigenvalue weighted by Gasteiger charge is -2.46. The van der Waals surface area contributed by atoms with Gasteiger partial charge in [-0.05, 0) is 41.7 Å². The van der Waals surface area contributed by atoms with E-state index in [1.165, 1.54) is 16.7 Å². The zero-order valence-corrected chi connectivity index (χ0v) is 14.9. The van der Waals surface area contributed by atoms with Crippen LogP contribution >= 0.6 is 0 Å². The highest BCUT2D eigenvalue weighted by molar-refractivity contribution is 5.49. The lowest BCUT2D eigenvalue weighted by Crippen LogP contribution is -2.49. The molecule has 0 aromatic heterocycles. The first-order valence-corrected chi connectivity index (χ1v) is 9.00. The van der Waals surface area contributed by atoms with Gasteiger partial charge in [0.1, 0.15) is 0 Å². The number of nitrogens with two attached hydrogens (primary N) is 1. The number of ether oxygens (including phenoxy) is 2. The number of hydrogen-bond donors (Lipinski definition) is 1. The van der Waals surface area contributed by atoms with Crippen LogP contribution in [0.15, 0.2) is 42.5 Å². The van der Waals surface area contributed by atoms with Crippen LogP contribution in [0.25, 0.3) is 0 Å². The molecule has 0 bridgehead atoms. The highest BCUT2D eigenvalue weighted by atomic mass is 16.5. The molecule has 0 amide bonds. The first kappa shape index (κ1) is 16.4. The Hall–Kier alpha value is -2.04. The molecule has 2 heterocycles. The number of rotatable bonds is 3. The molecule has 0 aliphatic carbocycles. The minimum Gasteiger partial charge on any atom is -0.493 e. The summed E-state index contributed by atoms with van der Waals surface area (Å²) >= 11 is 0.